The van der Waals surface area contributed by atoms with E-state index in [1.165, 1.54) is 0 Å². The van der Waals surface area contributed by atoms with Crippen molar-refractivity contribution in [3.63, 3.8) is 0 Å². The highest BCUT2D eigenvalue weighted by molar-refractivity contribution is 5.79. The number of fused-ring (bicyclic) bond motifs is 1. The van der Waals surface area contributed by atoms with Gasteiger partial charge in [-0.25, -0.2) is 0 Å². The van der Waals surface area contributed by atoms with Gasteiger partial charge in [-0.15, -0.1) is 0 Å². The molecule has 162 valence electrons. The lowest BCUT2D eigenvalue weighted by Crippen LogP contribution is -2.58. The van der Waals surface area contributed by atoms with E-state index in [2.05, 4.69) is 24.5 Å². The number of nitrogens with one attached hydrogen (secondary N) is 2. The van der Waals surface area contributed by atoms with E-state index < -0.39 is 6.10 Å². The number of aliphatic hydroxyl groups excluding tert-OH is 1. The predicted molar refractivity (Wildman–Crippen MR) is 110 cm³/mol. The second-order valence-corrected chi connectivity index (χ2v) is 9.64. The molecule has 2 aliphatic carbocycles. The summed E-state index contributed by atoms with van der Waals surface area (Å²) >= 11 is 0. The number of methoxy groups -OCH3 is 1. The highest BCUT2D eigenvalue weighted by Gasteiger charge is 2.53. The molecule has 28 heavy (non-hydrogen) atoms. The Hall–Kier alpha value is -1.14. The molecule has 0 aromatic rings. The van der Waals surface area contributed by atoms with E-state index in [0.29, 0.717) is 13.0 Å². The van der Waals surface area contributed by atoms with Crippen molar-refractivity contribution >= 4 is 11.8 Å². The molecule has 0 radical (unpaired) electrons. The molecule has 2 aliphatic rings. The topological polar surface area (TPSA) is 87.7 Å². The van der Waals surface area contributed by atoms with Gasteiger partial charge >= 0.3 is 0 Å². The Bertz CT molecular complexity index is 553. The molecule has 1 unspecified atom stereocenters. The van der Waals surface area contributed by atoms with E-state index in [1.807, 2.05) is 20.8 Å². The molecule has 7 atom stereocenters. The number of amides is 2. The summed E-state index contributed by atoms with van der Waals surface area (Å²) in [6.45, 7) is 10.7. The van der Waals surface area contributed by atoms with Crippen LogP contribution < -0.4 is 10.6 Å². The molecule has 0 saturated heterocycles. The summed E-state index contributed by atoms with van der Waals surface area (Å²) in [7, 11) is 1.59. The average Bonchev–Trinajstić information content (AvgIpc) is 2.61. The molecular weight excluding hydrogens is 356 g/mol. The first-order valence-electron chi connectivity index (χ1n) is 10.9. The number of rotatable bonds is 7. The first kappa shape index (κ1) is 23.1. The number of ether oxygens (including phenoxy) is 1. The van der Waals surface area contributed by atoms with Gasteiger partial charge in [-0.2, -0.15) is 0 Å². The van der Waals surface area contributed by atoms with Gasteiger partial charge in [-0.3, -0.25) is 9.59 Å². The van der Waals surface area contributed by atoms with Crippen molar-refractivity contribution in [3.8, 4) is 0 Å². The molecule has 6 heteroatoms. The van der Waals surface area contributed by atoms with Gasteiger partial charge in [-0.05, 0) is 62.7 Å². The second kappa shape index (κ2) is 9.57. The second-order valence-electron chi connectivity index (χ2n) is 9.64. The first-order valence-corrected chi connectivity index (χ1v) is 10.9. The third kappa shape index (κ3) is 5.07. The molecule has 6 nitrogen and oxygen atoms in total. The molecule has 2 fully saturated rings. The fourth-order valence-electron chi connectivity index (χ4n) is 5.58. The maximum Gasteiger partial charge on any atom is 0.223 e. The van der Waals surface area contributed by atoms with Crippen molar-refractivity contribution < 1.29 is 19.4 Å². The average molecular weight is 397 g/mol. The van der Waals surface area contributed by atoms with Crippen LogP contribution in [0, 0.1) is 29.1 Å². The maximum atomic E-state index is 12.5. The summed E-state index contributed by atoms with van der Waals surface area (Å²) in [6, 6.07) is 0.164. The van der Waals surface area contributed by atoms with E-state index in [1.54, 1.807) is 7.11 Å². The third-order valence-corrected chi connectivity index (χ3v) is 7.25. The van der Waals surface area contributed by atoms with E-state index in [9.17, 15) is 14.7 Å². The SMILES string of the molecule is COCCC(=O)N[C@H]1CC[C@]2(C)CCC([C@H](C)C(=O)NC(C)C)[C@H](O)[C@H]2[C@@H]1C. The molecular formula is C22H40N2O4. The standard InChI is InChI=1S/C22H40N2O4/c1-13(2)23-21(27)14(3)16-7-10-22(5)11-8-17(15(4)19(22)20(16)26)24-18(25)9-12-28-6/h13-17,19-20,26H,7-12H2,1-6H3,(H,23,27)(H,24,25)/t14-,15+,16?,17-,19+,20-,22-/m0/s1. The number of aliphatic hydroxyl groups is 1. The van der Waals surface area contributed by atoms with Crippen LogP contribution in [-0.2, 0) is 14.3 Å². The highest BCUT2D eigenvalue weighted by atomic mass is 16.5. The van der Waals surface area contributed by atoms with Crippen LogP contribution in [0.25, 0.3) is 0 Å². The zero-order valence-electron chi connectivity index (χ0n) is 18.5. The van der Waals surface area contributed by atoms with Crippen molar-refractivity contribution in [2.75, 3.05) is 13.7 Å². The fraction of sp³-hybridized carbons (Fsp3) is 0.909. The van der Waals surface area contributed by atoms with E-state index in [4.69, 9.17) is 4.74 Å². The van der Waals surface area contributed by atoms with Gasteiger partial charge in [0.2, 0.25) is 11.8 Å². The molecule has 0 aliphatic heterocycles. The minimum absolute atomic E-state index is 0.00818. The lowest BCUT2D eigenvalue weighted by atomic mass is 9.51. The predicted octanol–water partition coefficient (Wildman–Crippen LogP) is 2.49. The Morgan fingerprint density at radius 2 is 1.86 bits per heavy atom. The normalized spacial score (nSPS) is 36.5. The molecule has 0 bridgehead atoms. The Balaban J connectivity index is 2.10. The van der Waals surface area contributed by atoms with E-state index >= 15 is 0 Å². The number of hydrogen-bond acceptors (Lipinski definition) is 4. The van der Waals surface area contributed by atoms with Crippen molar-refractivity contribution in [2.24, 2.45) is 29.1 Å². The van der Waals surface area contributed by atoms with Crippen molar-refractivity contribution in [2.45, 2.75) is 84.9 Å². The van der Waals surface area contributed by atoms with Crippen LogP contribution in [0.5, 0.6) is 0 Å². The van der Waals surface area contributed by atoms with E-state index in [-0.39, 0.29) is 53.0 Å². The maximum absolute atomic E-state index is 12.5. The molecule has 2 saturated carbocycles. The summed E-state index contributed by atoms with van der Waals surface area (Å²) in [5, 5.41) is 17.5. The first-order chi connectivity index (χ1) is 13.1. The molecule has 3 N–H and O–H groups in total. The van der Waals surface area contributed by atoms with Crippen LogP contribution in [0.15, 0.2) is 0 Å². The van der Waals surface area contributed by atoms with Gasteiger partial charge in [0.05, 0.1) is 12.7 Å². The lowest BCUT2D eigenvalue weighted by molar-refractivity contribution is -0.144. The smallest absolute Gasteiger partial charge is 0.223 e. The summed E-state index contributed by atoms with van der Waals surface area (Å²) in [5.74, 6) is 0.0304. The Labute approximate surface area is 170 Å². The van der Waals surface area contributed by atoms with Gasteiger partial charge in [0.15, 0.2) is 0 Å². The molecule has 0 spiro atoms. The summed E-state index contributed by atoms with van der Waals surface area (Å²) in [5.41, 5.74) is 0.0668. The monoisotopic (exact) mass is 396 g/mol. The molecule has 0 aromatic heterocycles. The highest BCUT2D eigenvalue weighted by Crippen LogP contribution is 2.55. The van der Waals surface area contributed by atoms with Crippen molar-refractivity contribution in [1.29, 1.82) is 0 Å². The number of carbonyl (C=O) groups excluding carboxylic acids is 2. The van der Waals surface area contributed by atoms with Gasteiger partial charge in [0.25, 0.3) is 0 Å². The van der Waals surface area contributed by atoms with Crippen LogP contribution in [0.2, 0.25) is 0 Å². The van der Waals surface area contributed by atoms with Crippen LogP contribution >= 0.6 is 0 Å². The van der Waals surface area contributed by atoms with Gasteiger partial charge in [-0.1, -0.05) is 20.8 Å². The zero-order valence-corrected chi connectivity index (χ0v) is 18.5. The minimum atomic E-state index is -0.527. The lowest BCUT2D eigenvalue weighted by Gasteiger charge is -2.56. The number of hydrogen-bond donors (Lipinski definition) is 3. The summed E-state index contributed by atoms with van der Waals surface area (Å²) in [4.78, 5) is 24.7. The van der Waals surface area contributed by atoms with Crippen LogP contribution in [-0.4, -0.2) is 48.8 Å². The van der Waals surface area contributed by atoms with Crippen molar-refractivity contribution in [3.05, 3.63) is 0 Å². The van der Waals surface area contributed by atoms with Gasteiger partial charge in [0.1, 0.15) is 0 Å². The largest absolute Gasteiger partial charge is 0.392 e. The quantitative estimate of drug-likeness (QED) is 0.617. The minimum Gasteiger partial charge on any atom is -0.392 e. The van der Waals surface area contributed by atoms with Crippen LogP contribution in [0.1, 0.15) is 66.7 Å². The Morgan fingerprint density at radius 3 is 2.46 bits per heavy atom. The van der Waals surface area contributed by atoms with Crippen molar-refractivity contribution in [1.82, 2.24) is 10.6 Å². The molecule has 0 heterocycles. The van der Waals surface area contributed by atoms with E-state index in [0.717, 1.165) is 25.7 Å². The van der Waals surface area contributed by atoms with Crippen LogP contribution in [0.3, 0.4) is 0 Å². The zero-order chi connectivity index (χ0) is 21.1. The molecule has 0 aromatic carbocycles. The van der Waals surface area contributed by atoms with Gasteiger partial charge in [0, 0.05) is 31.5 Å². The summed E-state index contributed by atoms with van der Waals surface area (Å²) < 4.78 is 5.00. The molecule has 2 rings (SSSR count). The Kier molecular flexibility index (Phi) is 7.91. The third-order valence-electron chi connectivity index (χ3n) is 7.25. The number of carbonyl (C=O) groups is 2. The van der Waals surface area contributed by atoms with Crippen LogP contribution in [0.4, 0.5) is 0 Å². The Morgan fingerprint density at radius 1 is 1.21 bits per heavy atom. The summed E-state index contributed by atoms with van der Waals surface area (Å²) in [6.07, 6.45) is 3.66. The van der Waals surface area contributed by atoms with Gasteiger partial charge < -0.3 is 20.5 Å². The fourth-order valence-corrected chi connectivity index (χ4v) is 5.58. The molecule has 2 amide bonds.